The number of Topliss-reactive ketones (excluding diaryl/α,β-unsaturated/α-hetero) is 1. The highest BCUT2D eigenvalue weighted by molar-refractivity contribution is 7.19. The zero-order valence-electron chi connectivity index (χ0n) is 13.6. The Morgan fingerprint density at radius 2 is 2.00 bits per heavy atom. The van der Waals surface area contributed by atoms with Gasteiger partial charge < -0.3 is 15.8 Å². The van der Waals surface area contributed by atoms with E-state index in [4.69, 9.17) is 10.5 Å². The van der Waals surface area contributed by atoms with E-state index in [1.54, 1.807) is 6.92 Å². The highest BCUT2D eigenvalue weighted by Crippen LogP contribution is 2.53. The van der Waals surface area contributed by atoms with Gasteiger partial charge in [0.2, 0.25) is 0 Å². The van der Waals surface area contributed by atoms with Crippen LogP contribution in [-0.2, 0) is 0 Å². The number of ketones is 1. The molecule has 3 N–H and O–H groups in total. The van der Waals surface area contributed by atoms with Crippen LogP contribution in [0.3, 0.4) is 0 Å². The molecule has 0 aliphatic heterocycles. The normalized spacial score (nSPS) is 16.3. The van der Waals surface area contributed by atoms with Crippen molar-refractivity contribution in [2.45, 2.75) is 53.6 Å². The second-order valence-electron chi connectivity index (χ2n) is 6.60. The molecule has 1 aromatic heterocycles. The minimum Gasteiger partial charge on any atom is -0.486 e. The number of nitrogen functional groups attached to an aromatic ring is 1. The third-order valence-corrected chi connectivity index (χ3v) is 5.54. The van der Waals surface area contributed by atoms with Crippen molar-refractivity contribution in [2.75, 3.05) is 17.6 Å². The van der Waals surface area contributed by atoms with Gasteiger partial charge in [0.25, 0.3) is 0 Å². The van der Waals surface area contributed by atoms with Crippen LogP contribution < -0.4 is 15.8 Å². The van der Waals surface area contributed by atoms with Crippen LogP contribution in [0.2, 0.25) is 0 Å². The standard InChI is InChI=1S/C16H26N2O2S/c1-9(2)16(6-7-16)8-18-15-13(20-10(3)4)12(17)14(21-15)11(5)19/h9-10,18H,6-8,17H2,1-5H3. The highest BCUT2D eigenvalue weighted by atomic mass is 32.1. The van der Waals surface area contributed by atoms with E-state index in [-0.39, 0.29) is 11.9 Å². The molecule has 0 atom stereocenters. The van der Waals surface area contributed by atoms with Crippen molar-refractivity contribution in [3.8, 4) is 5.75 Å². The molecular weight excluding hydrogens is 284 g/mol. The summed E-state index contributed by atoms with van der Waals surface area (Å²) >= 11 is 1.41. The van der Waals surface area contributed by atoms with Crippen LogP contribution in [0, 0.1) is 11.3 Å². The van der Waals surface area contributed by atoms with Crippen molar-refractivity contribution in [3.63, 3.8) is 0 Å². The number of anilines is 2. The van der Waals surface area contributed by atoms with E-state index >= 15 is 0 Å². The molecule has 2 rings (SSSR count). The maximum Gasteiger partial charge on any atom is 0.177 e. The van der Waals surface area contributed by atoms with Gasteiger partial charge >= 0.3 is 0 Å². The zero-order valence-corrected chi connectivity index (χ0v) is 14.4. The van der Waals surface area contributed by atoms with Gasteiger partial charge in [-0.3, -0.25) is 4.79 Å². The van der Waals surface area contributed by atoms with Gasteiger partial charge in [0, 0.05) is 13.5 Å². The minimum absolute atomic E-state index is 0.0100. The number of carbonyl (C=O) groups excluding carboxylic acids is 1. The van der Waals surface area contributed by atoms with E-state index < -0.39 is 0 Å². The van der Waals surface area contributed by atoms with Crippen LogP contribution in [0.15, 0.2) is 0 Å². The molecule has 0 unspecified atom stereocenters. The summed E-state index contributed by atoms with van der Waals surface area (Å²) in [7, 11) is 0. The van der Waals surface area contributed by atoms with Crippen LogP contribution in [0.25, 0.3) is 0 Å². The van der Waals surface area contributed by atoms with E-state index in [1.807, 2.05) is 13.8 Å². The summed E-state index contributed by atoms with van der Waals surface area (Å²) in [6.45, 7) is 10.9. The quantitative estimate of drug-likeness (QED) is 0.742. The lowest BCUT2D eigenvalue weighted by Crippen LogP contribution is -2.21. The first-order valence-corrected chi connectivity index (χ1v) is 8.42. The number of carbonyl (C=O) groups is 1. The van der Waals surface area contributed by atoms with E-state index in [0.29, 0.717) is 27.6 Å². The highest BCUT2D eigenvalue weighted by Gasteiger charge is 2.45. The molecular formula is C16H26N2O2S. The maximum absolute atomic E-state index is 11.7. The topological polar surface area (TPSA) is 64.3 Å². The second kappa shape index (κ2) is 5.87. The number of rotatable bonds is 7. The van der Waals surface area contributed by atoms with Gasteiger partial charge in [0.15, 0.2) is 11.5 Å². The van der Waals surface area contributed by atoms with Crippen LogP contribution in [0.1, 0.15) is 57.1 Å². The van der Waals surface area contributed by atoms with E-state index in [9.17, 15) is 4.79 Å². The third-order valence-electron chi connectivity index (χ3n) is 4.29. The Hall–Kier alpha value is -1.23. The molecule has 0 radical (unpaired) electrons. The molecule has 21 heavy (non-hydrogen) atoms. The molecule has 1 aliphatic carbocycles. The van der Waals surface area contributed by atoms with Gasteiger partial charge in [-0.2, -0.15) is 0 Å². The average Bonchev–Trinajstić information content (AvgIpc) is 3.11. The molecule has 1 aromatic rings. The maximum atomic E-state index is 11.7. The first-order chi connectivity index (χ1) is 9.77. The fraction of sp³-hybridized carbons (Fsp3) is 0.688. The number of hydrogen-bond donors (Lipinski definition) is 2. The van der Waals surface area contributed by atoms with Crippen molar-refractivity contribution in [1.29, 1.82) is 0 Å². The van der Waals surface area contributed by atoms with Gasteiger partial charge in [-0.1, -0.05) is 13.8 Å². The molecule has 1 aliphatic rings. The number of hydrogen-bond acceptors (Lipinski definition) is 5. The Morgan fingerprint density at radius 1 is 1.38 bits per heavy atom. The lowest BCUT2D eigenvalue weighted by atomic mass is 9.92. The number of nitrogens with two attached hydrogens (primary N) is 1. The van der Waals surface area contributed by atoms with Gasteiger partial charge in [-0.05, 0) is 38.0 Å². The predicted molar refractivity (Wildman–Crippen MR) is 89.5 cm³/mol. The lowest BCUT2D eigenvalue weighted by molar-refractivity contribution is 0.102. The van der Waals surface area contributed by atoms with Crippen molar-refractivity contribution in [2.24, 2.45) is 11.3 Å². The number of nitrogens with one attached hydrogen (secondary N) is 1. The summed E-state index contributed by atoms with van der Waals surface area (Å²) in [4.78, 5) is 12.3. The van der Waals surface area contributed by atoms with Crippen LogP contribution >= 0.6 is 11.3 Å². The van der Waals surface area contributed by atoms with Crippen molar-refractivity contribution in [3.05, 3.63) is 4.88 Å². The summed E-state index contributed by atoms with van der Waals surface area (Å²) in [5, 5.41) is 4.37. The SMILES string of the molecule is CC(=O)c1sc(NCC2(C(C)C)CC2)c(OC(C)C)c1N. The van der Waals surface area contributed by atoms with Gasteiger partial charge in [-0.15, -0.1) is 11.3 Å². The Morgan fingerprint density at radius 3 is 2.43 bits per heavy atom. The molecule has 0 saturated heterocycles. The monoisotopic (exact) mass is 310 g/mol. The first kappa shape index (κ1) is 16.1. The molecule has 0 amide bonds. The second-order valence-corrected chi connectivity index (χ2v) is 7.62. The summed E-state index contributed by atoms with van der Waals surface area (Å²) in [6.07, 6.45) is 2.55. The number of thiophene rings is 1. The predicted octanol–water partition coefficient (Wildman–Crippen LogP) is 4.17. The van der Waals surface area contributed by atoms with Crippen molar-refractivity contribution < 1.29 is 9.53 Å². The summed E-state index contributed by atoms with van der Waals surface area (Å²) < 4.78 is 5.82. The van der Waals surface area contributed by atoms with Gasteiger partial charge in [0.05, 0.1) is 16.7 Å². The van der Waals surface area contributed by atoms with Gasteiger partial charge in [0.1, 0.15) is 5.00 Å². The van der Waals surface area contributed by atoms with Crippen LogP contribution in [0.4, 0.5) is 10.7 Å². The van der Waals surface area contributed by atoms with Crippen LogP contribution in [-0.4, -0.2) is 18.4 Å². The van der Waals surface area contributed by atoms with Gasteiger partial charge in [-0.25, -0.2) is 0 Å². The summed E-state index contributed by atoms with van der Waals surface area (Å²) in [5.74, 6) is 1.29. The summed E-state index contributed by atoms with van der Waals surface area (Å²) in [6, 6.07) is 0. The zero-order chi connectivity index (χ0) is 15.8. The Bertz CT molecular complexity index is 531. The van der Waals surface area contributed by atoms with Crippen LogP contribution in [0.5, 0.6) is 5.75 Å². The minimum atomic E-state index is -0.0100. The third kappa shape index (κ3) is 3.34. The van der Waals surface area contributed by atoms with Crippen molar-refractivity contribution in [1.82, 2.24) is 0 Å². The van der Waals surface area contributed by atoms with E-state index in [0.717, 1.165) is 11.5 Å². The molecule has 0 aromatic carbocycles. The molecule has 0 spiro atoms. The van der Waals surface area contributed by atoms with E-state index in [2.05, 4.69) is 19.2 Å². The average molecular weight is 310 g/mol. The van der Waals surface area contributed by atoms with Crippen molar-refractivity contribution >= 4 is 27.8 Å². The molecule has 118 valence electrons. The fourth-order valence-electron chi connectivity index (χ4n) is 2.53. The molecule has 0 bridgehead atoms. The molecule has 4 nitrogen and oxygen atoms in total. The molecule has 5 heteroatoms. The molecule has 1 saturated carbocycles. The Balaban J connectivity index is 2.21. The lowest BCUT2D eigenvalue weighted by Gasteiger charge is -2.21. The Labute approximate surface area is 131 Å². The largest absolute Gasteiger partial charge is 0.486 e. The fourth-order valence-corrected chi connectivity index (χ4v) is 3.48. The molecule has 1 fully saturated rings. The van der Waals surface area contributed by atoms with E-state index in [1.165, 1.54) is 24.2 Å². The smallest absolute Gasteiger partial charge is 0.177 e. The molecule has 1 heterocycles. The Kier molecular flexibility index (Phi) is 4.51. The number of ether oxygens (including phenoxy) is 1. The first-order valence-electron chi connectivity index (χ1n) is 7.60. The summed E-state index contributed by atoms with van der Waals surface area (Å²) in [5.41, 5.74) is 6.96.